The third kappa shape index (κ3) is 1.93. The topological polar surface area (TPSA) is 55.1 Å². The quantitative estimate of drug-likeness (QED) is 0.738. The highest BCUT2D eigenvalue weighted by atomic mass is 16.2. The molecule has 1 aliphatic carbocycles. The largest absolute Gasteiger partial charge is 0.327 e. The second-order valence-corrected chi connectivity index (χ2v) is 3.86. The van der Waals surface area contributed by atoms with Gasteiger partial charge in [-0.15, -0.1) is 0 Å². The van der Waals surface area contributed by atoms with E-state index in [1.807, 2.05) is 31.2 Å². The van der Waals surface area contributed by atoms with Gasteiger partial charge < -0.3 is 11.1 Å². The van der Waals surface area contributed by atoms with E-state index in [-0.39, 0.29) is 17.9 Å². The highest BCUT2D eigenvalue weighted by molar-refractivity contribution is 5.94. The predicted molar refractivity (Wildman–Crippen MR) is 55.9 cm³/mol. The van der Waals surface area contributed by atoms with Crippen LogP contribution in [0.4, 0.5) is 5.69 Å². The zero-order chi connectivity index (χ0) is 10.1. The molecular weight excluding hydrogens is 176 g/mol. The van der Waals surface area contributed by atoms with Crippen molar-refractivity contribution in [2.24, 2.45) is 11.7 Å². The van der Waals surface area contributed by atoms with E-state index in [0.29, 0.717) is 0 Å². The molecule has 3 nitrogen and oxygen atoms in total. The molecule has 0 bridgehead atoms. The molecule has 14 heavy (non-hydrogen) atoms. The summed E-state index contributed by atoms with van der Waals surface area (Å²) in [6.45, 7) is 2.00. The van der Waals surface area contributed by atoms with E-state index in [0.717, 1.165) is 17.7 Å². The molecule has 1 saturated carbocycles. The second-order valence-electron chi connectivity index (χ2n) is 3.86. The molecule has 2 unspecified atom stereocenters. The first-order chi connectivity index (χ1) is 6.66. The SMILES string of the molecule is Cc1cccc(NC(=O)C2CC2N)c1. The fourth-order valence-corrected chi connectivity index (χ4v) is 1.47. The Labute approximate surface area is 83.3 Å². The van der Waals surface area contributed by atoms with Gasteiger partial charge in [-0.2, -0.15) is 0 Å². The molecule has 1 amide bonds. The number of rotatable bonds is 2. The normalized spacial score (nSPS) is 24.4. The van der Waals surface area contributed by atoms with Crippen LogP contribution < -0.4 is 11.1 Å². The number of nitrogens with one attached hydrogen (secondary N) is 1. The number of carbonyl (C=O) groups excluding carboxylic acids is 1. The minimum atomic E-state index is 0.0236. The van der Waals surface area contributed by atoms with Gasteiger partial charge in [-0.25, -0.2) is 0 Å². The minimum Gasteiger partial charge on any atom is -0.327 e. The number of benzene rings is 1. The summed E-state index contributed by atoms with van der Waals surface area (Å²) < 4.78 is 0. The van der Waals surface area contributed by atoms with Crippen LogP contribution in [0.3, 0.4) is 0 Å². The van der Waals surface area contributed by atoms with Gasteiger partial charge in [0, 0.05) is 11.7 Å². The molecule has 0 spiro atoms. The van der Waals surface area contributed by atoms with Crippen molar-refractivity contribution >= 4 is 11.6 Å². The van der Waals surface area contributed by atoms with Crippen LogP contribution in [-0.4, -0.2) is 11.9 Å². The van der Waals surface area contributed by atoms with Crippen LogP contribution in [0, 0.1) is 12.8 Å². The number of carbonyl (C=O) groups is 1. The Morgan fingerprint density at radius 3 is 2.86 bits per heavy atom. The van der Waals surface area contributed by atoms with Crippen molar-refractivity contribution in [2.45, 2.75) is 19.4 Å². The van der Waals surface area contributed by atoms with Gasteiger partial charge in [0.25, 0.3) is 0 Å². The Bertz CT molecular complexity index is 362. The van der Waals surface area contributed by atoms with Crippen LogP contribution in [0.1, 0.15) is 12.0 Å². The van der Waals surface area contributed by atoms with Gasteiger partial charge in [-0.1, -0.05) is 12.1 Å². The van der Waals surface area contributed by atoms with Gasteiger partial charge >= 0.3 is 0 Å². The first kappa shape index (κ1) is 9.21. The standard InChI is InChI=1S/C11H14N2O/c1-7-3-2-4-8(5-7)13-11(14)9-6-10(9)12/h2-5,9-10H,6,12H2,1H3,(H,13,14). The molecule has 2 atom stereocenters. The van der Waals surface area contributed by atoms with Crippen molar-refractivity contribution in [3.63, 3.8) is 0 Å². The number of nitrogens with two attached hydrogens (primary N) is 1. The summed E-state index contributed by atoms with van der Waals surface area (Å²) in [5, 5.41) is 2.86. The molecule has 74 valence electrons. The zero-order valence-corrected chi connectivity index (χ0v) is 8.16. The van der Waals surface area contributed by atoms with Crippen molar-refractivity contribution < 1.29 is 4.79 Å². The van der Waals surface area contributed by atoms with E-state index in [4.69, 9.17) is 5.73 Å². The highest BCUT2D eigenvalue weighted by Crippen LogP contribution is 2.29. The molecule has 1 aromatic rings. The lowest BCUT2D eigenvalue weighted by Crippen LogP contribution is -2.18. The molecule has 0 heterocycles. The van der Waals surface area contributed by atoms with Gasteiger partial charge in [0.05, 0.1) is 5.92 Å². The molecule has 2 rings (SSSR count). The lowest BCUT2D eigenvalue weighted by molar-refractivity contribution is -0.117. The van der Waals surface area contributed by atoms with Gasteiger partial charge in [0.1, 0.15) is 0 Å². The molecule has 1 aromatic carbocycles. The fourth-order valence-electron chi connectivity index (χ4n) is 1.47. The Balaban J connectivity index is 2.00. The van der Waals surface area contributed by atoms with Gasteiger partial charge in [0.2, 0.25) is 5.91 Å². The molecule has 3 heteroatoms. The number of hydrogen-bond donors (Lipinski definition) is 2. The third-order valence-corrected chi connectivity index (χ3v) is 2.46. The van der Waals surface area contributed by atoms with Crippen molar-refractivity contribution in [3.05, 3.63) is 29.8 Å². The predicted octanol–water partition coefficient (Wildman–Crippen LogP) is 1.28. The van der Waals surface area contributed by atoms with E-state index >= 15 is 0 Å². The first-order valence-electron chi connectivity index (χ1n) is 4.80. The third-order valence-electron chi connectivity index (χ3n) is 2.46. The summed E-state index contributed by atoms with van der Waals surface area (Å²) >= 11 is 0. The summed E-state index contributed by atoms with van der Waals surface area (Å²) in [6, 6.07) is 7.83. The number of aryl methyl sites for hydroxylation is 1. The second kappa shape index (κ2) is 3.42. The Morgan fingerprint density at radius 1 is 1.57 bits per heavy atom. The van der Waals surface area contributed by atoms with E-state index in [9.17, 15) is 4.79 Å². The lowest BCUT2D eigenvalue weighted by Gasteiger charge is -2.04. The Kier molecular flexibility index (Phi) is 2.25. The summed E-state index contributed by atoms with van der Waals surface area (Å²) in [5.41, 5.74) is 7.59. The van der Waals surface area contributed by atoms with E-state index in [1.165, 1.54) is 0 Å². The van der Waals surface area contributed by atoms with Gasteiger partial charge in [-0.3, -0.25) is 4.79 Å². The maximum atomic E-state index is 11.5. The van der Waals surface area contributed by atoms with Gasteiger partial charge in [-0.05, 0) is 31.0 Å². The van der Waals surface area contributed by atoms with Crippen LogP contribution in [-0.2, 0) is 4.79 Å². The maximum absolute atomic E-state index is 11.5. The molecular formula is C11H14N2O. The minimum absolute atomic E-state index is 0.0236. The molecule has 0 saturated heterocycles. The molecule has 0 aliphatic heterocycles. The van der Waals surface area contributed by atoms with Crippen molar-refractivity contribution in [1.82, 2.24) is 0 Å². The fraction of sp³-hybridized carbons (Fsp3) is 0.364. The van der Waals surface area contributed by atoms with Crippen LogP contribution in [0.2, 0.25) is 0 Å². The molecule has 3 N–H and O–H groups in total. The number of anilines is 1. The van der Waals surface area contributed by atoms with E-state index in [2.05, 4.69) is 5.32 Å². The van der Waals surface area contributed by atoms with Crippen molar-refractivity contribution in [3.8, 4) is 0 Å². The van der Waals surface area contributed by atoms with Crippen molar-refractivity contribution in [2.75, 3.05) is 5.32 Å². The van der Waals surface area contributed by atoms with Crippen LogP contribution >= 0.6 is 0 Å². The van der Waals surface area contributed by atoms with E-state index in [1.54, 1.807) is 0 Å². The van der Waals surface area contributed by atoms with Crippen LogP contribution in [0.5, 0.6) is 0 Å². The molecule has 0 aromatic heterocycles. The van der Waals surface area contributed by atoms with Crippen LogP contribution in [0.25, 0.3) is 0 Å². The highest BCUT2D eigenvalue weighted by Gasteiger charge is 2.39. The Morgan fingerprint density at radius 2 is 2.29 bits per heavy atom. The summed E-state index contributed by atoms with van der Waals surface area (Å²) in [6.07, 6.45) is 0.817. The van der Waals surface area contributed by atoms with Gasteiger partial charge in [0.15, 0.2) is 0 Å². The van der Waals surface area contributed by atoms with Crippen molar-refractivity contribution in [1.29, 1.82) is 0 Å². The number of hydrogen-bond acceptors (Lipinski definition) is 2. The molecule has 1 aliphatic rings. The maximum Gasteiger partial charge on any atom is 0.229 e. The summed E-state index contributed by atoms with van der Waals surface area (Å²) in [4.78, 5) is 11.5. The summed E-state index contributed by atoms with van der Waals surface area (Å²) in [5.74, 6) is 0.0682. The summed E-state index contributed by atoms with van der Waals surface area (Å²) in [7, 11) is 0. The first-order valence-corrected chi connectivity index (χ1v) is 4.80. The lowest BCUT2D eigenvalue weighted by atomic mass is 10.2. The number of amides is 1. The average molecular weight is 190 g/mol. The molecule has 0 radical (unpaired) electrons. The molecule has 1 fully saturated rings. The smallest absolute Gasteiger partial charge is 0.229 e. The van der Waals surface area contributed by atoms with E-state index < -0.39 is 0 Å². The average Bonchev–Trinajstić information content (AvgIpc) is 2.82. The Hall–Kier alpha value is -1.35. The van der Waals surface area contributed by atoms with Crippen LogP contribution in [0.15, 0.2) is 24.3 Å². The zero-order valence-electron chi connectivity index (χ0n) is 8.16. The monoisotopic (exact) mass is 190 g/mol.